The number of amides is 1. The Morgan fingerprint density at radius 1 is 1.06 bits per heavy atom. The van der Waals surface area contributed by atoms with E-state index in [-0.39, 0.29) is 5.91 Å². The Kier molecular flexibility index (Phi) is 6.43. The number of carbonyl (C=O) groups excluding carboxylic acids is 1. The molecule has 0 bridgehead atoms. The maximum absolute atomic E-state index is 13.1. The molecule has 0 radical (unpaired) electrons. The Hall–Kier alpha value is -2.93. The van der Waals surface area contributed by atoms with Crippen molar-refractivity contribution >= 4 is 23.4 Å². The highest BCUT2D eigenvalue weighted by molar-refractivity contribution is 7.99. The van der Waals surface area contributed by atoms with Gasteiger partial charge in [0.1, 0.15) is 0 Å². The van der Waals surface area contributed by atoms with Crippen LogP contribution >= 0.6 is 11.8 Å². The molecule has 33 heavy (non-hydrogen) atoms. The minimum absolute atomic E-state index is 0.110. The molecule has 0 fully saturated rings. The molecule has 2 heterocycles. The van der Waals surface area contributed by atoms with Gasteiger partial charge in [0.15, 0.2) is 5.69 Å². The molecule has 4 rings (SSSR count). The SMILES string of the molecule is CC(=O)N1c2c(C)cc(C)cc2-c2nnc(SCC(C)C)nc2O[C@@H]1c1ccc(C)c(C)c1. The number of hydrogen-bond acceptors (Lipinski definition) is 6. The van der Waals surface area contributed by atoms with Gasteiger partial charge in [-0.1, -0.05) is 55.4 Å². The van der Waals surface area contributed by atoms with Crippen LogP contribution in [0.1, 0.15) is 54.8 Å². The second kappa shape index (κ2) is 9.14. The number of thioether (sulfide) groups is 1. The highest BCUT2D eigenvalue weighted by atomic mass is 32.2. The Bertz CT molecular complexity index is 1230. The molecule has 0 saturated carbocycles. The van der Waals surface area contributed by atoms with Crippen LogP contribution in [0.25, 0.3) is 11.3 Å². The Labute approximate surface area is 199 Å². The molecule has 6 nitrogen and oxygen atoms in total. The summed E-state index contributed by atoms with van der Waals surface area (Å²) in [7, 11) is 0. The lowest BCUT2D eigenvalue weighted by molar-refractivity contribution is -0.118. The quantitative estimate of drug-likeness (QED) is 0.445. The van der Waals surface area contributed by atoms with Gasteiger partial charge in [0.05, 0.1) is 5.69 Å². The molecule has 1 aromatic heterocycles. The summed E-state index contributed by atoms with van der Waals surface area (Å²) in [5, 5.41) is 9.49. The van der Waals surface area contributed by atoms with Crippen molar-refractivity contribution in [2.75, 3.05) is 10.7 Å². The van der Waals surface area contributed by atoms with Crippen LogP contribution in [0.15, 0.2) is 35.5 Å². The molecule has 172 valence electrons. The molecule has 7 heteroatoms. The molecule has 1 aliphatic heterocycles. The largest absolute Gasteiger partial charge is 0.447 e. The van der Waals surface area contributed by atoms with E-state index in [0.29, 0.717) is 22.6 Å². The average Bonchev–Trinajstić information content (AvgIpc) is 2.89. The van der Waals surface area contributed by atoms with Crippen molar-refractivity contribution in [1.82, 2.24) is 15.2 Å². The molecule has 1 amide bonds. The normalized spacial score (nSPS) is 15.0. The molecular weight excluding hydrogens is 432 g/mol. The van der Waals surface area contributed by atoms with Gasteiger partial charge in [-0.05, 0) is 56.4 Å². The fourth-order valence-electron chi connectivity index (χ4n) is 4.05. The zero-order valence-corrected chi connectivity index (χ0v) is 21.1. The van der Waals surface area contributed by atoms with Gasteiger partial charge in [-0.2, -0.15) is 4.98 Å². The number of fused-ring (bicyclic) bond motifs is 3. The molecule has 1 atom stereocenters. The van der Waals surface area contributed by atoms with Crippen molar-refractivity contribution in [3.8, 4) is 17.1 Å². The molecule has 0 unspecified atom stereocenters. The topological polar surface area (TPSA) is 68.2 Å². The molecule has 0 N–H and O–H groups in total. The van der Waals surface area contributed by atoms with E-state index >= 15 is 0 Å². The van der Waals surface area contributed by atoms with Gasteiger partial charge in [0.2, 0.25) is 23.2 Å². The van der Waals surface area contributed by atoms with Crippen molar-refractivity contribution in [3.05, 3.63) is 58.1 Å². The third-order valence-corrected chi connectivity index (χ3v) is 7.00. The number of benzene rings is 2. The van der Waals surface area contributed by atoms with Crippen LogP contribution in [0.4, 0.5) is 5.69 Å². The third kappa shape index (κ3) is 4.60. The van der Waals surface area contributed by atoms with Crippen molar-refractivity contribution in [2.45, 2.75) is 59.9 Å². The van der Waals surface area contributed by atoms with Gasteiger partial charge in [0, 0.05) is 23.8 Å². The lowest BCUT2D eigenvalue weighted by atomic mass is 9.99. The lowest BCUT2D eigenvalue weighted by Crippen LogP contribution is -2.36. The first-order valence-electron chi connectivity index (χ1n) is 11.2. The first kappa shape index (κ1) is 23.2. The average molecular weight is 463 g/mol. The van der Waals surface area contributed by atoms with E-state index in [1.54, 1.807) is 23.6 Å². The second-order valence-corrected chi connectivity index (χ2v) is 10.1. The van der Waals surface area contributed by atoms with Crippen LogP contribution < -0.4 is 9.64 Å². The third-order valence-electron chi connectivity index (χ3n) is 5.74. The highest BCUT2D eigenvalue weighted by Gasteiger charge is 2.36. The first-order chi connectivity index (χ1) is 15.7. The summed E-state index contributed by atoms with van der Waals surface area (Å²) >= 11 is 1.56. The highest BCUT2D eigenvalue weighted by Crippen LogP contribution is 2.45. The van der Waals surface area contributed by atoms with E-state index in [1.165, 1.54) is 5.56 Å². The predicted octanol–water partition coefficient (Wildman–Crippen LogP) is 5.96. The van der Waals surface area contributed by atoms with E-state index in [9.17, 15) is 4.79 Å². The van der Waals surface area contributed by atoms with E-state index in [2.05, 4.69) is 56.1 Å². The van der Waals surface area contributed by atoms with Crippen LogP contribution in [0, 0.1) is 33.6 Å². The maximum atomic E-state index is 13.1. The van der Waals surface area contributed by atoms with Crippen LogP contribution in [-0.2, 0) is 4.79 Å². The van der Waals surface area contributed by atoms with Crippen LogP contribution in [0.3, 0.4) is 0 Å². The number of hydrogen-bond donors (Lipinski definition) is 0. The standard InChI is InChI=1S/C26H30N4O2S/c1-14(2)13-33-26-27-24-22(28-29-26)21-11-15(3)10-18(6)23(21)30(19(7)31)25(32-24)20-9-8-16(4)17(5)12-20/h8-12,14,25H,13H2,1-7H3/t25-/m1/s1. The summed E-state index contributed by atoms with van der Waals surface area (Å²) in [6.45, 7) is 14.1. The van der Waals surface area contributed by atoms with Crippen LogP contribution in [-0.4, -0.2) is 26.8 Å². The van der Waals surface area contributed by atoms with E-state index < -0.39 is 6.23 Å². The fourth-order valence-corrected chi connectivity index (χ4v) is 4.77. The molecule has 3 aromatic rings. The predicted molar refractivity (Wildman–Crippen MR) is 133 cm³/mol. The van der Waals surface area contributed by atoms with Crippen molar-refractivity contribution in [3.63, 3.8) is 0 Å². The lowest BCUT2D eigenvalue weighted by Gasteiger charge is -2.31. The summed E-state index contributed by atoms with van der Waals surface area (Å²) in [5.41, 5.74) is 7.42. The molecule has 0 saturated heterocycles. The molecule has 1 aliphatic rings. The number of anilines is 1. The van der Waals surface area contributed by atoms with E-state index in [4.69, 9.17) is 9.72 Å². The van der Waals surface area contributed by atoms with Crippen molar-refractivity contribution in [1.29, 1.82) is 0 Å². The van der Waals surface area contributed by atoms with E-state index in [1.807, 2.05) is 26.0 Å². The van der Waals surface area contributed by atoms with Gasteiger partial charge in [-0.3, -0.25) is 9.69 Å². The minimum atomic E-state index is -0.664. The molecule has 0 spiro atoms. The van der Waals surface area contributed by atoms with Gasteiger partial charge in [-0.15, -0.1) is 10.2 Å². The Balaban J connectivity index is 1.95. The zero-order chi connectivity index (χ0) is 23.9. The number of rotatable bonds is 4. The number of nitrogens with zero attached hydrogens (tertiary/aromatic N) is 4. The summed E-state index contributed by atoms with van der Waals surface area (Å²) in [6.07, 6.45) is -0.664. The maximum Gasteiger partial charge on any atom is 0.247 e. The molecule has 2 aromatic carbocycles. The van der Waals surface area contributed by atoms with Crippen molar-refractivity contribution in [2.24, 2.45) is 5.92 Å². The smallest absolute Gasteiger partial charge is 0.247 e. The summed E-state index contributed by atoms with van der Waals surface area (Å²) < 4.78 is 6.51. The van der Waals surface area contributed by atoms with Gasteiger partial charge < -0.3 is 4.74 Å². The summed E-state index contributed by atoms with van der Waals surface area (Å²) in [4.78, 5) is 19.5. The molecular formula is C26H30N4O2S. The molecule has 0 aliphatic carbocycles. The first-order valence-corrected chi connectivity index (χ1v) is 12.2. The number of aromatic nitrogens is 3. The van der Waals surface area contributed by atoms with Crippen molar-refractivity contribution < 1.29 is 9.53 Å². The minimum Gasteiger partial charge on any atom is -0.447 e. The summed E-state index contributed by atoms with van der Waals surface area (Å²) in [6, 6.07) is 10.3. The van der Waals surface area contributed by atoms with Gasteiger partial charge >= 0.3 is 0 Å². The summed E-state index contributed by atoms with van der Waals surface area (Å²) in [5.74, 6) is 1.67. The van der Waals surface area contributed by atoms with Gasteiger partial charge in [-0.25, -0.2) is 0 Å². The number of ether oxygens (including phenoxy) is 1. The Morgan fingerprint density at radius 2 is 1.82 bits per heavy atom. The van der Waals surface area contributed by atoms with Crippen LogP contribution in [0.5, 0.6) is 5.88 Å². The monoisotopic (exact) mass is 462 g/mol. The number of carbonyl (C=O) groups is 1. The number of aryl methyl sites for hydroxylation is 4. The Morgan fingerprint density at radius 3 is 2.48 bits per heavy atom. The van der Waals surface area contributed by atoms with Gasteiger partial charge in [0.25, 0.3) is 0 Å². The van der Waals surface area contributed by atoms with Crippen LogP contribution in [0.2, 0.25) is 0 Å². The zero-order valence-electron chi connectivity index (χ0n) is 20.3. The second-order valence-electron chi connectivity index (χ2n) is 9.13. The fraction of sp³-hybridized carbons (Fsp3) is 0.385. The van der Waals surface area contributed by atoms with E-state index in [0.717, 1.165) is 39.3 Å².